The fourth-order valence-electron chi connectivity index (χ4n) is 8.64. The van der Waals surface area contributed by atoms with Gasteiger partial charge in [-0.15, -0.1) is 0 Å². The van der Waals surface area contributed by atoms with Crippen molar-refractivity contribution in [3.8, 4) is 45.3 Å². The van der Waals surface area contributed by atoms with Crippen molar-refractivity contribution < 1.29 is 4.42 Å². The van der Waals surface area contributed by atoms with Crippen LogP contribution in [0, 0.1) is 0 Å². The molecule has 0 bridgehead atoms. The minimum absolute atomic E-state index is 0.615. The largest absolute Gasteiger partial charge is 0.455 e. The lowest BCUT2D eigenvalue weighted by Crippen LogP contribution is -2.00. The van der Waals surface area contributed by atoms with Crippen molar-refractivity contribution >= 4 is 75.8 Å². The van der Waals surface area contributed by atoms with Gasteiger partial charge < -0.3 is 4.42 Å². The molecule has 4 heteroatoms. The van der Waals surface area contributed by atoms with Crippen molar-refractivity contribution in [1.29, 1.82) is 0 Å². The fourth-order valence-corrected chi connectivity index (χ4v) is 8.64. The number of rotatable bonds is 4. The molecule has 2 heterocycles. The first-order chi connectivity index (χ1) is 28.2. The Morgan fingerprint density at radius 1 is 0.281 bits per heavy atom. The molecule has 0 aliphatic rings. The van der Waals surface area contributed by atoms with E-state index in [-0.39, 0.29) is 0 Å². The van der Waals surface area contributed by atoms with Crippen LogP contribution >= 0.6 is 0 Å². The highest BCUT2D eigenvalue weighted by molar-refractivity contribution is 6.20. The van der Waals surface area contributed by atoms with Crippen molar-refractivity contribution in [2.45, 2.75) is 0 Å². The van der Waals surface area contributed by atoms with Crippen LogP contribution in [-0.2, 0) is 0 Å². The Hall–Kier alpha value is -7.69. The summed E-state index contributed by atoms with van der Waals surface area (Å²) >= 11 is 0. The van der Waals surface area contributed by atoms with Crippen molar-refractivity contribution in [2.24, 2.45) is 0 Å². The molecule has 0 radical (unpaired) electrons. The SMILES string of the molecule is c1ccc(-c2nc(-c3ccc4c(ccc5c6ccccc6ccc45)c3)nc(-c3cc4c5ccc(-c6ccc7ccccc7c6)cc5oc4c4ccccc34)n2)cc1. The highest BCUT2D eigenvalue weighted by Gasteiger charge is 2.20. The molecule has 12 rings (SSSR count). The summed E-state index contributed by atoms with van der Waals surface area (Å²) in [5.41, 5.74) is 6.76. The molecule has 0 saturated heterocycles. The normalized spacial score (nSPS) is 11.9. The standard InChI is InChI=1S/C53H31N3O/c1-2-12-34(13-3-1)51-54-52(39-23-24-41-38(29-39)22-26-43-40-15-7-6-11-33(40)20-25-44(41)43)56-53(55-51)48-31-47-45-27-21-37(36-19-18-32-10-4-5-14-35(32)28-36)30-49(45)57-50(47)46-17-9-8-16-42(46)48/h1-31H. The van der Waals surface area contributed by atoms with Crippen LogP contribution < -0.4 is 0 Å². The van der Waals surface area contributed by atoms with E-state index in [9.17, 15) is 0 Å². The molecule has 0 unspecified atom stereocenters. The number of hydrogen-bond acceptors (Lipinski definition) is 4. The molecule has 0 amide bonds. The Morgan fingerprint density at radius 2 is 0.825 bits per heavy atom. The smallest absolute Gasteiger partial charge is 0.164 e. The molecule has 264 valence electrons. The maximum absolute atomic E-state index is 6.73. The van der Waals surface area contributed by atoms with E-state index in [1.165, 1.54) is 37.7 Å². The number of benzene rings is 10. The van der Waals surface area contributed by atoms with E-state index in [0.717, 1.165) is 65.9 Å². The Labute approximate surface area is 327 Å². The second-order valence-electron chi connectivity index (χ2n) is 14.8. The molecule has 10 aromatic carbocycles. The summed E-state index contributed by atoms with van der Waals surface area (Å²) in [6.07, 6.45) is 0. The Balaban J connectivity index is 1.04. The predicted molar refractivity (Wildman–Crippen MR) is 236 cm³/mol. The lowest BCUT2D eigenvalue weighted by molar-refractivity contribution is 0.673. The summed E-state index contributed by atoms with van der Waals surface area (Å²) in [6.45, 7) is 0. The van der Waals surface area contributed by atoms with Crippen LogP contribution in [-0.4, -0.2) is 15.0 Å². The van der Waals surface area contributed by atoms with E-state index in [2.05, 4.69) is 170 Å². The number of fused-ring (bicyclic) bond motifs is 11. The van der Waals surface area contributed by atoms with E-state index in [0.29, 0.717) is 17.5 Å². The molecule has 0 aliphatic carbocycles. The molecule has 57 heavy (non-hydrogen) atoms. The average molecular weight is 726 g/mol. The Kier molecular flexibility index (Phi) is 6.89. The fraction of sp³-hybridized carbons (Fsp3) is 0. The predicted octanol–water partition coefficient (Wildman–Crippen LogP) is 14.2. The quantitative estimate of drug-likeness (QED) is 0.170. The molecular formula is C53H31N3O. The summed E-state index contributed by atoms with van der Waals surface area (Å²) in [6, 6.07) is 66.4. The highest BCUT2D eigenvalue weighted by Crippen LogP contribution is 2.41. The van der Waals surface area contributed by atoms with E-state index in [1.54, 1.807) is 0 Å². The van der Waals surface area contributed by atoms with Crippen molar-refractivity contribution in [3.05, 3.63) is 188 Å². The average Bonchev–Trinajstić information content (AvgIpc) is 3.66. The number of hydrogen-bond donors (Lipinski definition) is 0. The maximum atomic E-state index is 6.73. The van der Waals surface area contributed by atoms with Crippen molar-refractivity contribution in [2.75, 3.05) is 0 Å². The zero-order valence-corrected chi connectivity index (χ0v) is 30.6. The van der Waals surface area contributed by atoms with E-state index in [1.807, 2.05) is 18.2 Å². The van der Waals surface area contributed by atoms with Gasteiger partial charge in [-0.3, -0.25) is 0 Å². The molecule has 0 fully saturated rings. The molecule has 4 nitrogen and oxygen atoms in total. The van der Waals surface area contributed by atoms with Gasteiger partial charge in [-0.2, -0.15) is 0 Å². The van der Waals surface area contributed by atoms with Gasteiger partial charge in [-0.1, -0.05) is 158 Å². The molecule has 0 saturated carbocycles. The topological polar surface area (TPSA) is 51.8 Å². The monoisotopic (exact) mass is 725 g/mol. The molecule has 0 aliphatic heterocycles. The first-order valence-electron chi connectivity index (χ1n) is 19.3. The summed E-state index contributed by atoms with van der Waals surface area (Å²) in [7, 11) is 0. The van der Waals surface area contributed by atoms with E-state index in [4.69, 9.17) is 19.4 Å². The van der Waals surface area contributed by atoms with E-state index < -0.39 is 0 Å². The number of aromatic nitrogens is 3. The Bertz CT molecular complexity index is 3590. The molecule has 0 atom stereocenters. The minimum atomic E-state index is 0.615. The highest BCUT2D eigenvalue weighted by atomic mass is 16.3. The van der Waals surface area contributed by atoms with Crippen LogP contribution in [0.2, 0.25) is 0 Å². The van der Waals surface area contributed by atoms with Gasteiger partial charge in [0.2, 0.25) is 0 Å². The van der Waals surface area contributed by atoms with Crippen LogP contribution in [0.1, 0.15) is 0 Å². The van der Waals surface area contributed by atoms with Gasteiger partial charge in [-0.05, 0) is 89.9 Å². The molecule has 0 N–H and O–H groups in total. The van der Waals surface area contributed by atoms with Crippen molar-refractivity contribution in [3.63, 3.8) is 0 Å². The minimum Gasteiger partial charge on any atom is -0.455 e. The van der Waals surface area contributed by atoms with Gasteiger partial charge in [0, 0.05) is 32.8 Å². The summed E-state index contributed by atoms with van der Waals surface area (Å²) in [5.74, 6) is 1.87. The van der Waals surface area contributed by atoms with Gasteiger partial charge in [0.25, 0.3) is 0 Å². The lowest BCUT2D eigenvalue weighted by Gasteiger charge is -2.12. The van der Waals surface area contributed by atoms with Crippen LogP contribution in [0.4, 0.5) is 0 Å². The number of furan rings is 1. The summed E-state index contributed by atoms with van der Waals surface area (Å²) < 4.78 is 6.73. The first-order valence-corrected chi connectivity index (χ1v) is 19.3. The molecular weight excluding hydrogens is 695 g/mol. The van der Waals surface area contributed by atoms with E-state index >= 15 is 0 Å². The van der Waals surface area contributed by atoms with Crippen molar-refractivity contribution in [1.82, 2.24) is 15.0 Å². The third kappa shape index (κ3) is 5.12. The van der Waals surface area contributed by atoms with Gasteiger partial charge in [-0.25, -0.2) is 15.0 Å². The zero-order chi connectivity index (χ0) is 37.5. The van der Waals surface area contributed by atoms with Gasteiger partial charge in [0.05, 0.1) is 0 Å². The summed E-state index contributed by atoms with van der Waals surface area (Å²) in [5, 5.41) is 13.9. The summed E-state index contributed by atoms with van der Waals surface area (Å²) in [4.78, 5) is 15.5. The number of nitrogens with zero attached hydrogens (tertiary/aromatic N) is 3. The molecule has 2 aromatic heterocycles. The second-order valence-corrected chi connectivity index (χ2v) is 14.8. The van der Waals surface area contributed by atoms with Crippen LogP contribution in [0.25, 0.3) is 121 Å². The van der Waals surface area contributed by atoms with Gasteiger partial charge in [0.1, 0.15) is 11.2 Å². The van der Waals surface area contributed by atoms with Gasteiger partial charge >= 0.3 is 0 Å². The third-order valence-corrected chi connectivity index (χ3v) is 11.5. The molecule has 12 aromatic rings. The van der Waals surface area contributed by atoms with Gasteiger partial charge in [0.15, 0.2) is 17.5 Å². The molecule has 0 spiro atoms. The zero-order valence-electron chi connectivity index (χ0n) is 30.6. The third-order valence-electron chi connectivity index (χ3n) is 11.5. The first kappa shape index (κ1) is 31.6. The second kappa shape index (κ2) is 12.4. The Morgan fingerprint density at radius 3 is 1.67 bits per heavy atom. The van der Waals surface area contributed by atoms with Crippen LogP contribution in [0.15, 0.2) is 192 Å². The van der Waals surface area contributed by atoms with Crippen LogP contribution in [0.3, 0.4) is 0 Å². The lowest BCUT2D eigenvalue weighted by atomic mass is 9.96. The van der Waals surface area contributed by atoms with Crippen LogP contribution in [0.5, 0.6) is 0 Å². The maximum Gasteiger partial charge on any atom is 0.164 e.